The second-order valence-electron chi connectivity index (χ2n) is 5.57. The minimum atomic E-state index is -0.735. The smallest absolute Gasteiger partial charge is 0.336 e. The normalized spacial score (nSPS) is 15.0. The lowest BCUT2D eigenvalue weighted by atomic mass is 9.81. The number of carbonyl (C=O) groups is 2. The summed E-state index contributed by atoms with van der Waals surface area (Å²) in [6, 6.07) is 3.27. The third kappa shape index (κ3) is 3.81. The fourth-order valence-corrected chi connectivity index (χ4v) is 2.93. The van der Waals surface area contributed by atoms with E-state index in [9.17, 15) is 14.8 Å². The zero-order chi connectivity index (χ0) is 18.6. The number of carbonyl (C=O) groups excluding carboxylic acids is 2. The molecule has 1 N–H and O–H groups in total. The minimum Gasteiger partial charge on any atom is -0.619 e. The average Bonchev–Trinajstić information content (AvgIpc) is 2.54. The van der Waals surface area contributed by atoms with Crippen LogP contribution in [0.4, 0.5) is 0 Å². The first kappa shape index (κ1) is 18.5. The quantitative estimate of drug-likeness (QED) is 0.495. The first-order valence-corrected chi connectivity index (χ1v) is 8.12. The summed E-state index contributed by atoms with van der Waals surface area (Å²) >= 11 is 0. The van der Waals surface area contributed by atoms with E-state index in [1.807, 2.05) is 0 Å². The Hall–Kier alpha value is -2.83. The summed E-state index contributed by atoms with van der Waals surface area (Å²) in [4.78, 5) is 25.1. The largest absolute Gasteiger partial charge is 0.619 e. The third-order valence-corrected chi connectivity index (χ3v) is 3.88. The van der Waals surface area contributed by atoms with Crippen molar-refractivity contribution in [3.05, 3.63) is 57.8 Å². The van der Waals surface area contributed by atoms with Crippen molar-refractivity contribution in [2.75, 3.05) is 13.2 Å². The van der Waals surface area contributed by atoms with Crippen molar-refractivity contribution in [3.8, 4) is 0 Å². The van der Waals surface area contributed by atoms with Crippen LogP contribution >= 0.6 is 0 Å². The second kappa shape index (κ2) is 7.83. The van der Waals surface area contributed by atoms with Gasteiger partial charge in [0.05, 0.1) is 30.3 Å². The molecule has 0 amide bonds. The Morgan fingerprint density at radius 3 is 2.08 bits per heavy atom. The van der Waals surface area contributed by atoms with E-state index in [4.69, 9.17) is 9.47 Å². The Kier molecular flexibility index (Phi) is 5.80. The van der Waals surface area contributed by atoms with Crippen molar-refractivity contribution < 1.29 is 23.8 Å². The molecule has 2 heterocycles. The number of nitrogens with one attached hydrogen (secondary N) is 1. The third-order valence-electron chi connectivity index (χ3n) is 3.88. The topological polar surface area (TPSA) is 91.6 Å². The molecule has 0 saturated carbocycles. The standard InChI is InChI=1S/C18H22N2O5/c1-5-24-17(21)14-11(3)19-12(4)15(18(22)25-6-2)16(14)13-8-7-9-20(23)10-13/h7-10,16,19H,5-6H2,1-4H3. The average molecular weight is 346 g/mol. The molecule has 0 fully saturated rings. The van der Waals surface area contributed by atoms with E-state index in [0.29, 0.717) is 32.8 Å². The predicted molar refractivity (Wildman–Crippen MR) is 89.9 cm³/mol. The Labute approximate surface area is 146 Å². The Bertz CT molecular complexity index is 712. The van der Waals surface area contributed by atoms with E-state index in [0.717, 1.165) is 0 Å². The molecule has 0 aliphatic carbocycles. The van der Waals surface area contributed by atoms with E-state index >= 15 is 0 Å². The van der Waals surface area contributed by atoms with Gasteiger partial charge in [0.15, 0.2) is 12.4 Å². The van der Waals surface area contributed by atoms with Crippen molar-refractivity contribution in [2.24, 2.45) is 0 Å². The summed E-state index contributed by atoms with van der Waals surface area (Å²) in [5, 5.41) is 14.8. The molecule has 0 unspecified atom stereocenters. The highest BCUT2D eigenvalue weighted by molar-refractivity contribution is 5.99. The number of hydrogen-bond donors (Lipinski definition) is 1. The van der Waals surface area contributed by atoms with Gasteiger partial charge in [-0.2, -0.15) is 4.73 Å². The van der Waals surface area contributed by atoms with E-state index in [2.05, 4.69) is 5.32 Å². The number of nitrogens with zero attached hydrogens (tertiary/aromatic N) is 1. The highest BCUT2D eigenvalue weighted by Gasteiger charge is 2.38. The maximum Gasteiger partial charge on any atom is 0.336 e. The molecule has 134 valence electrons. The molecule has 1 aromatic heterocycles. The SMILES string of the molecule is CCOC(=O)C1=C(C)NC(C)=C(C(=O)OCC)C1c1ccc[n+]([O-])c1. The first-order chi connectivity index (χ1) is 11.9. The molecule has 7 nitrogen and oxygen atoms in total. The van der Waals surface area contributed by atoms with Crippen LogP contribution in [0.5, 0.6) is 0 Å². The highest BCUT2D eigenvalue weighted by atomic mass is 16.5. The van der Waals surface area contributed by atoms with Crippen LogP contribution in [0.3, 0.4) is 0 Å². The summed E-state index contributed by atoms with van der Waals surface area (Å²) in [5.41, 5.74) is 2.26. The zero-order valence-electron chi connectivity index (χ0n) is 14.8. The summed E-state index contributed by atoms with van der Waals surface area (Å²) in [6.07, 6.45) is 2.68. The molecule has 2 rings (SSSR count). The molecule has 0 saturated heterocycles. The molecule has 1 aliphatic heterocycles. The van der Waals surface area contributed by atoms with Gasteiger partial charge in [0.1, 0.15) is 0 Å². The Balaban J connectivity index is 2.64. The fraction of sp³-hybridized carbons (Fsp3) is 0.389. The van der Waals surface area contributed by atoms with Gasteiger partial charge in [0, 0.05) is 23.0 Å². The van der Waals surface area contributed by atoms with Crippen LogP contribution in [0.2, 0.25) is 0 Å². The summed E-state index contributed by atoms with van der Waals surface area (Å²) in [5.74, 6) is -1.80. The Morgan fingerprint density at radius 2 is 1.64 bits per heavy atom. The maximum atomic E-state index is 12.5. The van der Waals surface area contributed by atoms with Gasteiger partial charge in [0.25, 0.3) is 0 Å². The minimum absolute atomic E-state index is 0.204. The molecule has 0 bridgehead atoms. The molecule has 0 atom stereocenters. The summed E-state index contributed by atoms with van der Waals surface area (Å²) < 4.78 is 11.0. The fourth-order valence-electron chi connectivity index (χ4n) is 2.93. The molecule has 0 radical (unpaired) electrons. The molecule has 25 heavy (non-hydrogen) atoms. The first-order valence-electron chi connectivity index (χ1n) is 8.12. The lowest BCUT2D eigenvalue weighted by Crippen LogP contribution is -2.34. The van der Waals surface area contributed by atoms with Crippen LogP contribution in [0.1, 0.15) is 39.2 Å². The number of allylic oxidation sites excluding steroid dienone is 2. The van der Waals surface area contributed by atoms with Crippen molar-refractivity contribution in [1.82, 2.24) is 5.32 Å². The number of dihydropyridines is 1. The lowest BCUT2D eigenvalue weighted by molar-refractivity contribution is -0.605. The van der Waals surface area contributed by atoms with Gasteiger partial charge in [-0.1, -0.05) is 0 Å². The highest BCUT2D eigenvalue weighted by Crippen LogP contribution is 2.38. The van der Waals surface area contributed by atoms with Gasteiger partial charge < -0.3 is 20.0 Å². The van der Waals surface area contributed by atoms with Crippen LogP contribution in [0.25, 0.3) is 0 Å². The summed E-state index contributed by atoms with van der Waals surface area (Å²) in [7, 11) is 0. The number of ether oxygens (including phenoxy) is 2. The van der Waals surface area contributed by atoms with E-state index < -0.39 is 17.9 Å². The van der Waals surface area contributed by atoms with Crippen LogP contribution in [-0.4, -0.2) is 25.2 Å². The molecule has 0 aromatic carbocycles. The van der Waals surface area contributed by atoms with Crippen LogP contribution in [0, 0.1) is 5.21 Å². The maximum absolute atomic E-state index is 12.5. The van der Waals surface area contributed by atoms with Crippen LogP contribution < -0.4 is 10.0 Å². The van der Waals surface area contributed by atoms with Crippen LogP contribution in [0.15, 0.2) is 47.1 Å². The van der Waals surface area contributed by atoms with Gasteiger partial charge in [-0.15, -0.1) is 0 Å². The van der Waals surface area contributed by atoms with Gasteiger partial charge in [-0.3, -0.25) is 0 Å². The van der Waals surface area contributed by atoms with Crippen molar-refractivity contribution in [2.45, 2.75) is 33.6 Å². The monoisotopic (exact) mass is 346 g/mol. The molecule has 1 aliphatic rings. The lowest BCUT2D eigenvalue weighted by Gasteiger charge is -2.29. The van der Waals surface area contributed by atoms with E-state index in [-0.39, 0.29) is 13.2 Å². The number of hydrogen-bond acceptors (Lipinski definition) is 6. The molecule has 1 aromatic rings. The van der Waals surface area contributed by atoms with Crippen molar-refractivity contribution >= 4 is 11.9 Å². The molecular weight excluding hydrogens is 324 g/mol. The summed E-state index contributed by atoms with van der Waals surface area (Å²) in [6.45, 7) is 7.30. The van der Waals surface area contributed by atoms with E-state index in [1.54, 1.807) is 39.8 Å². The predicted octanol–water partition coefficient (Wildman–Crippen LogP) is 1.68. The van der Waals surface area contributed by atoms with Gasteiger partial charge in [0.2, 0.25) is 0 Å². The van der Waals surface area contributed by atoms with Gasteiger partial charge >= 0.3 is 11.9 Å². The van der Waals surface area contributed by atoms with Gasteiger partial charge in [-0.25, -0.2) is 9.59 Å². The van der Waals surface area contributed by atoms with Crippen molar-refractivity contribution in [1.29, 1.82) is 0 Å². The number of rotatable bonds is 5. The van der Waals surface area contributed by atoms with Crippen LogP contribution in [-0.2, 0) is 19.1 Å². The number of pyridine rings is 1. The number of aromatic nitrogens is 1. The Morgan fingerprint density at radius 1 is 1.12 bits per heavy atom. The molecule has 7 heteroatoms. The molecule has 0 spiro atoms. The van der Waals surface area contributed by atoms with Gasteiger partial charge in [-0.05, 0) is 33.8 Å². The van der Waals surface area contributed by atoms with Crippen molar-refractivity contribution in [3.63, 3.8) is 0 Å². The zero-order valence-corrected chi connectivity index (χ0v) is 14.8. The number of esters is 2. The molecular formula is C18H22N2O5. The second-order valence-corrected chi connectivity index (χ2v) is 5.57. The van der Waals surface area contributed by atoms with E-state index in [1.165, 1.54) is 12.4 Å².